The lowest BCUT2D eigenvalue weighted by Crippen LogP contribution is -2.25. The van der Waals surface area contributed by atoms with Gasteiger partial charge in [-0.25, -0.2) is 0 Å². The van der Waals surface area contributed by atoms with Crippen molar-refractivity contribution in [1.29, 1.82) is 0 Å². The van der Waals surface area contributed by atoms with E-state index >= 15 is 0 Å². The molecular formula is C14H15F3N2. The molecule has 2 heterocycles. The minimum Gasteiger partial charge on any atom is -0.340 e. The van der Waals surface area contributed by atoms with Crippen LogP contribution in [0.25, 0.3) is 10.9 Å². The molecule has 0 spiro atoms. The summed E-state index contributed by atoms with van der Waals surface area (Å²) in [6.45, 7) is 0.378. The van der Waals surface area contributed by atoms with Crippen LogP contribution in [0.3, 0.4) is 0 Å². The summed E-state index contributed by atoms with van der Waals surface area (Å²) >= 11 is 0. The van der Waals surface area contributed by atoms with Crippen molar-refractivity contribution in [2.75, 3.05) is 6.54 Å². The Labute approximate surface area is 109 Å². The summed E-state index contributed by atoms with van der Waals surface area (Å²) < 4.78 is 41.3. The van der Waals surface area contributed by atoms with Crippen molar-refractivity contribution in [2.45, 2.75) is 31.5 Å². The van der Waals surface area contributed by atoms with Crippen molar-refractivity contribution < 1.29 is 13.2 Å². The first kappa shape index (κ1) is 12.5. The molecule has 1 unspecified atom stereocenters. The highest BCUT2D eigenvalue weighted by Crippen LogP contribution is 2.39. The fourth-order valence-corrected chi connectivity index (χ4v) is 3.05. The summed E-state index contributed by atoms with van der Waals surface area (Å²) in [5.74, 6) is 0. The second kappa shape index (κ2) is 4.27. The van der Waals surface area contributed by atoms with Gasteiger partial charge in [0.1, 0.15) is 0 Å². The lowest BCUT2D eigenvalue weighted by molar-refractivity contribution is -0.136. The van der Waals surface area contributed by atoms with Gasteiger partial charge in [-0.1, -0.05) is 12.1 Å². The molecule has 5 heteroatoms. The molecule has 0 aliphatic carbocycles. The van der Waals surface area contributed by atoms with E-state index in [0.29, 0.717) is 17.4 Å². The van der Waals surface area contributed by atoms with E-state index in [1.807, 2.05) is 10.6 Å². The Morgan fingerprint density at radius 1 is 1.32 bits per heavy atom. The molecular weight excluding hydrogens is 253 g/mol. The molecule has 0 fully saturated rings. The average molecular weight is 268 g/mol. The van der Waals surface area contributed by atoms with Crippen LogP contribution in [0.15, 0.2) is 24.3 Å². The Kier molecular flexibility index (Phi) is 2.82. The van der Waals surface area contributed by atoms with Gasteiger partial charge in [0.2, 0.25) is 0 Å². The normalized spacial score (nSPS) is 19.7. The van der Waals surface area contributed by atoms with Crippen molar-refractivity contribution in [1.82, 2.24) is 4.57 Å². The molecule has 1 atom stereocenters. The summed E-state index contributed by atoms with van der Waals surface area (Å²) in [5, 5.41) is 0.658. The van der Waals surface area contributed by atoms with Gasteiger partial charge in [0.15, 0.2) is 0 Å². The lowest BCUT2D eigenvalue weighted by atomic mass is 10.0. The van der Waals surface area contributed by atoms with E-state index in [2.05, 4.69) is 0 Å². The molecule has 2 nitrogen and oxygen atoms in total. The van der Waals surface area contributed by atoms with Gasteiger partial charge in [0.05, 0.1) is 11.1 Å². The number of hydrogen-bond acceptors (Lipinski definition) is 1. The number of benzene rings is 1. The number of halogens is 3. The first-order valence-corrected chi connectivity index (χ1v) is 6.42. The van der Waals surface area contributed by atoms with E-state index in [1.54, 1.807) is 6.07 Å². The second-order valence-corrected chi connectivity index (χ2v) is 5.03. The Morgan fingerprint density at radius 2 is 2.11 bits per heavy atom. The molecule has 2 aromatic rings. The van der Waals surface area contributed by atoms with Crippen molar-refractivity contribution in [3.8, 4) is 0 Å². The average Bonchev–Trinajstić information content (AvgIpc) is 2.75. The van der Waals surface area contributed by atoms with Crippen molar-refractivity contribution in [3.05, 3.63) is 35.5 Å². The quantitative estimate of drug-likeness (QED) is 0.843. The van der Waals surface area contributed by atoms with Crippen LogP contribution in [-0.2, 0) is 12.6 Å². The molecule has 0 amide bonds. The van der Waals surface area contributed by atoms with Crippen LogP contribution in [0.5, 0.6) is 0 Å². The number of para-hydroxylation sites is 1. The molecule has 0 saturated heterocycles. The van der Waals surface area contributed by atoms with Crippen LogP contribution in [-0.4, -0.2) is 11.1 Å². The van der Waals surface area contributed by atoms with E-state index in [9.17, 15) is 13.2 Å². The van der Waals surface area contributed by atoms with Crippen LogP contribution in [0, 0.1) is 0 Å². The van der Waals surface area contributed by atoms with Gasteiger partial charge in [-0.2, -0.15) is 13.2 Å². The highest BCUT2D eigenvalue weighted by molar-refractivity contribution is 5.85. The highest BCUT2D eigenvalue weighted by atomic mass is 19.4. The maximum absolute atomic E-state index is 13.2. The zero-order chi connectivity index (χ0) is 13.6. The largest absolute Gasteiger partial charge is 0.418 e. The van der Waals surface area contributed by atoms with Crippen LogP contribution in [0.4, 0.5) is 13.2 Å². The topological polar surface area (TPSA) is 30.9 Å². The molecule has 1 aliphatic heterocycles. The number of hydrogen-bond donors (Lipinski definition) is 1. The third kappa shape index (κ3) is 1.92. The van der Waals surface area contributed by atoms with E-state index in [-0.39, 0.29) is 6.04 Å². The standard InChI is InChI=1S/C14H15F3N2/c15-14(16,17)12-6-1-3-9-7-10-4-2-5-11(8-18)19(10)13(9)12/h1,3,6-7,11H,2,4-5,8,18H2. The van der Waals surface area contributed by atoms with Gasteiger partial charge in [-0.3, -0.25) is 0 Å². The molecule has 0 saturated carbocycles. The monoisotopic (exact) mass is 268 g/mol. The number of nitrogens with two attached hydrogens (primary N) is 1. The van der Waals surface area contributed by atoms with E-state index in [4.69, 9.17) is 5.73 Å². The van der Waals surface area contributed by atoms with Gasteiger partial charge in [0.25, 0.3) is 0 Å². The first-order chi connectivity index (χ1) is 9.02. The van der Waals surface area contributed by atoms with Crippen molar-refractivity contribution >= 4 is 10.9 Å². The van der Waals surface area contributed by atoms with Crippen molar-refractivity contribution in [2.24, 2.45) is 5.73 Å². The van der Waals surface area contributed by atoms with Crippen molar-refractivity contribution in [3.63, 3.8) is 0 Å². The molecule has 3 rings (SSSR count). The Bertz CT molecular complexity index is 613. The minimum atomic E-state index is -4.33. The number of aromatic nitrogens is 1. The molecule has 1 aromatic heterocycles. The summed E-state index contributed by atoms with van der Waals surface area (Å²) in [7, 11) is 0. The molecule has 0 radical (unpaired) electrons. The van der Waals surface area contributed by atoms with Crippen LogP contribution in [0.2, 0.25) is 0 Å². The summed E-state index contributed by atoms with van der Waals surface area (Å²) in [4.78, 5) is 0. The number of aryl methyl sites for hydroxylation is 1. The van der Waals surface area contributed by atoms with Crippen LogP contribution in [0.1, 0.15) is 30.1 Å². The third-order valence-electron chi connectivity index (χ3n) is 3.85. The molecule has 102 valence electrons. The molecule has 19 heavy (non-hydrogen) atoms. The van der Waals surface area contributed by atoms with Gasteiger partial charge < -0.3 is 10.3 Å². The fraction of sp³-hybridized carbons (Fsp3) is 0.429. The lowest BCUT2D eigenvalue weighted by Gasteiger charge is -2.27. The van der Waals surface area contributed by atoms with E-state index < -0.39 is 11.7 Å². The van der Waals surface area contributed by atoms with E-state index in [1.165, 1.54) is 6.07 Å². The molecule has 0 bridgehead atoms. The van der Waals surface area contributed by atoms with Crippen LogP contribution < -0.4 is 5.73 Å². The number of alkyl halides is 3. The molecule has 1 aromatic carbocycles. The Hall–Kier alpha value is -1.49. The van der Waals surface area contributed by atoms with Crippen LogP contribution >= 0.6 is 0 Å². The summed E-state index contributed by atoms with van der Waals surface area (Å²) in [6, 6.07) is 6.20. The second-order valence-electron chi connectivity index (χ2n) is 5.03. The SMILES string of the molecule is NCC1CCCc2cc3cccc(C(F)(F)F)c3n21. The molecule has 1 aliphatic rings. The zero-order valence-electron chi connectivity index (χ0n) is 10.4. The Morgan fingerprint density at radius 3 is 2.79 bits per heavy atom. The number of rotatable bonds is 1. The Balaban J connectivity index is 2.33. The van der Waals surface area contributed by atoms with Gasteiger partial charge in [-0.15, -0.1) is 0 Å². The fourth-order valence-electron chi connectivity index (χ4n) is 3.05. The minimum absolute atomic E-state index is 0.0234. The van der Waals surface area contributed by atoms with Gasteiger partial charge >= 0.3 is 6.18 Å². The summed E-state index contributed by atoms with van der Waals surface area (Å²) in [5.41, 5.74) is 6.42. The maximum Gasteiger partial charge on any atom is 0.418 e. The predicted octanol–water partition coefficient (Wildman–Crippen LogP) is 3.50. The number of fused-ring (bicyclic) bond motifs is 3. The highest BCUT2D eigenvalue weighted by Gasteiger charge is 2.35. The van der Waals surface area contributed by atoms with Gasteiger partial charge in [-0.05, 0) is 31.4 Å². The third-order valence-corrected chi connectivity index (χ3v) is 3.85. The molecule has 2 N–H and O–H groups in total. The zero-order valence-corrected chi connectivity index (χ0v) is 10.4. The first-order valence-electron chi connectivity index (χ1n) is 6.42. The maximum atomic E-state index is 13.2. The van der Waals surface area contributed by atoms with E-state index in [0.717, 1.165) is 31.0 Å². The van der Waals surface area contributed by atoms with Gasteiger partial charge in [0, 0.05) is 23.7 Å². The predicted molar refractivity (Wildman–Crippen MR) is 68.0 cm³/mol. The summed E-state index contributed by atoms with van der Waals surface area (Å²) in [6.07, 6.45) is -1.67. The smallest absolute Gasteiger partial charge is 0.340 e. The number of nitrogens with zero attached hydrogens (tertiary/aromatic N) is 1.